The monoisotopic (exact) mass is 542 g/mol. The Morgan fingerprint density at radius 2 is 1.46 bits per heavy atom. The van der Waals surface area contributed by atoms with Crippen molar-refractivity contribution in [3.05, 3.63) is 112 Å². The molecule has 0 unspecified atom stereocenters. The zero-order valence-electron chi connectivity index (χ0n) is 21.4. The Morgan fingerprint density at radius 3 is 2.15 bits per heavy atom. The number of allylic oxidation sites excluding steroid dienone is 1. The van der Waals surface area contributed by atoms with Crippen LogP contribution >= 0.6 is 11.6 Å². The Morgan fingerprint density at radius 1 is 0.795 bits per heavy atom. The molecule has 0 saturated heterocycles. The molecule has 4 aromatic rings. The molecule has 4 aromatic carbocycles. The highest BCUT2D eigenvalue weighted by Gasteiger charge is 2.51. The second-order valence-electron chi connectivity index (χ2n) is 9.58. The Kier molecular flexibility index (Phi) is 6.49. The van der Waals surface area contributed by atoms with Gasteiger partial charge >= 0.3 is 0 Å². The van der Waals surface area contributed by atoms with Crippen molar-refractivity contribution >= 4 is 17.7 Å². The molecule has 2 heterocycles. The number of hydrogen-bond acceptors (Lipinski definition) is 6. The van der Waals surface area contributed by atoms with Gasteiger partial charge in [0.2, 0.25) is 0 Å². The number of methoxy groups -OCH3 is 2. The van der Waals surface area contributed by atoms with Gasteiger partial charge in [-0.1, -0.05) is 84.4 Å². The molecule has 0 amide bonds. The molecular weight excluding hydrogens is 516 g/mol. The van der Waals surface area contributed by atoms with Gasteiger partial charge in [0.05, 0.1) is 25.7 Å². The molecule has 198 valence electrons. The Bertz CT molecular complexity index is 1540. The number of ether oxygens (including phenoxy) is 4. The van der Waals surface area contributed by atoms with Gasteiger partial charge in [0.15, 0.2) is 0 Å². The second kappa shape index (κ2) is 10.1. The summed E-state index contributed by atoms with van der Waals surface area (Å²) in [6.45, 7) is 0. The minimum Gasteiger partial charge on any atom is -0.508 e. The standard InChI is InChI=1S/C32H27ClO6/c1-36-23-15-20(34)16-25-28(23)31-27(30(38-25)19-11-7-4-8-12-19)21(14-13-18-9-5-3-6-10-18)26-24(37-2)17-22(35)29(33)32(26)39-31/h3-17,21,27,30-31,34-35H,1-2H3/b14-13+/t21-,27-,30-,31-/m1/s1. The number of phenolic OH excluding ortho intramolecular Hbond substituents is 2. The lowest BCUT2D eigenvalue weighted by Gasteiger charge is -2.47. The number of halogens is 1. The first-order chi connectivity index (χ1) is 19.0. The summed E-state index contributed by atoms with van der Waals surface area (Å²) in [5, 5.41) is 21.2. The van der Waals surface area contributed by atoms with Gasteiger partial charge in [-0.25, -0.2) is 0 Å². The number of phenols is 2. The minimum atomic E-state index is -0.587. The van der Waals surface area contributed by atoms with Gasteiger partial charge in [0.25, 0.3) is 0 Å². The summed E-state index contributed by atoms with van der Waals surface area (Å²) in [7, 11) is 3.10. The normalized spacial score (nSPS) is 21.2. The van der Waals surface area contributed by atoms with E-state index in [2.05, 4.69) is 12.2 Å². The molecule has 0 radical (unpaired) electrons. The maximum Gasteiger partial charge on any atom is 0.150 e. The van der Waals surface area contributed by atoms with Gasteiger partial charge in [0, 0.05) is 29.7 Å². The van der Waals surface area contributed by atoms with Crippen LogP contribution in [0.15, 0.2) is 84.9 Å². The summed E-state index contributed by atoms with van der Waals surface area (Å²) in [5.74, 6) is 0.981. The lowest BCUT2D eigenvalue weighted by atomic mass is 9.71. The smallest absolute Gasteiger partial charge is 0.150 e. The first kappa shape index (κ1) is 25.0. The zero-order valence-corrected chi connectivity index (χ0v) is 22.1. The number of fused-ring (bicyclic) bond motifs is 4. The van der Waals surface area contributed by atoms with Crippen molar-refractivity contribution in [1.82, 2.24) is 0 Å². The van der Waals surface area contributed by atoms with Crippen LogP contribution in [0, 0.1) is 5.92 Å². The van der Waals surface area contributed by atoms with Gasteiger partial charge in [-0.15, -0.1) is 0 Å². The molecular formula is C32H27ClO6. The molecule has 0 aromatic heterocycles. The van der Waals surface area contributed by atoms with Crippen molar-refractivity contribution in [2.75, 3.05) is 14.2 Å². The van der Waals surface area contributed by atoms with Crippen LogP contribution in [0.2, 0.25) is 5.02 Å². The summed E-state index contributed by atoms with van der Waals surface area (Å²) in [4.78, 5) is 0. The predicted octanol–water partition coefficient (Wildman–Crippen LogP) is 7.45. The predicted molar refractivity (Wildman–Crippen MR) is 149 cm³/mol. The number of benzene rings is 4. The molecule has 7 heteroatoms. The maximum absolute atomic E-state index is 10.6. The molecule has 0 saturated carbocycles. The average Bonchev–Trinajstić information content (AvgIpc) is 2.97. The second-order valence-corrected chi connectivity index (χ2v) is 9.95. The van der Waals surface area contributed by atoms with Crippen LogP contribution in [-0.4, -0.2) is 24.4 Å². The SMILES string of the molecule is COc1cc(O)c(Cl)c2c1[C@@H](/C=C/c1ccccc1)[C@@H]1[C@@H](c3ccccc3)Oc3cc(O)cc(OC)c3[C@@H]1O2. The Labute approximate surface area is 231 Å². The molecule has 0 aliphatic carbocycles. The van der Waals surface area contributed by atoms with E-state index in [0.717, 1.165) is 16.7 Å². The highest BCUT2D eigenvalue weighted by atomic mass is 35.5. The van der Waals surface area contributed by atoms with Crippen molar-refractivity contribution in [3.8, 4) is 34.5 Å². The Balaban J connectivity index is 1.63. The van der Waals surface area contributed by atoms with Crippen molar-refractivity contribution in [2.24, 2.45) is 5.92 Å². The van der Waals surface area contributed by atoms with Crippen LogP contribution in [0.25, 0.3) is 6.08 Å². The minimum absolute atomic E-state index is 0.0185. The summed E-state index contributed by atoms with van der Waals surface area (Å²) in [6, 6.07) is 24.6. The molecule has 39 heavy (non-hydrogen) atoms. The topological polar surface area (TPSA) is 77.4 Å². The van der Waals surface area contributed by atoms with Gasteiger partial charge < -0.3 is 29.2 Å². The maximum atomic E-state index is 10.6. The zero-order chi connectivity index (χ0) is 27.1. The van der Waals surface area contributed by atoms with Crippen LogP contribution in [0.5, 0.6) is 34.5 Å². The van der Waals surface area contributed by atoms with Crippen LogP contribution in [0.3, 0.4) is 0 Å². The van der Waals surface area contributed by atoms with E-state index in [4.69, 9.17) is 30.5 Å². The molecule has 2 N–H and O–H groups in total. The van der Waals surface area contributed by atoms with Crippen LogP contribution in [-0.2, 0) is 0 Å². The fourth-order valence-electron chi connectivity index (χ4n) is 5.68. The van der Waals surface area contributed by atoms with Gasteiger partial charge in [-0.05, 0) is 11.1 Å². The fourth-order valence-corrected chi connectivity index (χ4v) is 5.88. The first-order valence-corrected chi connectivity index (χ1v) is 13.0. The van der Waals surface area contributed by atoms with Crippen LogP contribution < -0.4 is 18.9 Å². The molecule has 6 rings (SSSR count). The summed E-state index contributed by atoms with van der Waals surface area (Å²) in [6.07, 6.45) is 3.13. The van der Waals surface area contributed by atoms with E-state index in [1.54, 1.807) is 26.4 Å². The largest absolute Gasteiger partial charge is 0.508 e. The Hall–Kier alpha value is -4.29. The molecule has 2 aliphatic rings. The lowest BCUT2D eigenvalue weighted by molar-refractivity contribution is -0.0106. The number of rotatable bonds is 5. The lowest BCUT2D eigenvalue weighted by Crippen LogP contribution is -2.39. The van der Waals surface area contributed by atoms with Crippen molar-refractivity contribution < 1.29 is 29.2 Å². The van der Waals surface area contributed by atoms with Crippen LogP contribution in [0.1, 0.15) is 40.4 Å². The van der Waals surface area contributed by atoms with E-state index in [0.29, 0.717) is 28.6 Å². The van der Waals surface area contributed by atoms with Crippen LogP contribution in [0.4, 0.5) is 0 Å². The van der Waals surface area contributed by atoms with E-state index >= 15 is 0 Å². The molecule has 4 atom stereocenters. The van der Waals surface area contributed by atoms with Crippen molar-refractivity contribution in [1.29, 1.82) is 0 Å². The van der Waals surface area contributed by atoms with E-state index in [1.165, 1.54) is 6.07 Å². The molecule has 2 aliphatic heterocycles. The van der Waals surface area contributed by atoms with E-state index < -0.39 is 12.2 Å². The quantitative estimate of drug-likeness (QED) is 0.273. The third kappa shape index (κ3) is 4.31. The third-order valence-electron chi connectivity index (χ3n) is 7.38. The van der Waals surface area contributed by atoms with Gasteiger partial charge in [-0.2, -0.15) is 0 Å². The molecule has 0 spiro atoms. The van der Waals surface area contributed by atoms with E-state index in [9.17, 15) is 10.2 Å². The van der Waals surface area contributed by atoms with E-state index in [1.807, 2.05) is 60.7 Å². The van der Waals surface area contributed by atoms with Crippen molar-refractivity contribution in [3.63, 3.8) is 0 Å². The van der Waals surface area contributed by atoms with Gasteiger partial charge in [0.1, 0.15) is 51.7 Å². The summed E-state index contributed by atoms with van der Waals surface area (Å²) in [5.41, 5.74) is 3.37. The number of aromatic hydroxyl groups is 2. The number of hydrogen-bond donors (Lipinski definition) is 2. The van der Waals surface area contributed by atoms with Gasteiger partial charge in [-0.3, -0.25) is 0 Å². The summed E-state index contributed by atoms with van der Waals surface area (Å²) < 4.78 is 24.8. The average molecular weight is 543 g/mol. The highest BCUT2D eigenvalue weighted by Crippen LogP contribution is 2.62. The molecule has 0 bridgehead atoms. The van der Waals surface area contributed by atoms with E-state index in [-0.39, 0.29) is 28.4 Å². The highest BCUT2D eigenvalue weighted by molar-refractivity contribution is 6.33. The van der Waals surface area contributed by atoms with Crippen molar-refractivity contribution in [2.45, 2.75) is 18.1 Å². The third-order valence-corrected chi connectivity index (χ3v) is 7.75. The molecule has 0 fully saturated rings. The molecule has 6 nitrogen and oxygen atoms in total. The first-order valence-electron chi connectivity index (χ1n) is 12.6. The fraction of sp³-hybridized carbons (Fsp3) is 0.188. The summed E-state index contributed by atoms with van der Waals surface area (Å²) >= 11 is 6.68.